The number of anilines is 3. The molecule has 15 rings (SSSR count). The zero-order valence-electron chi connectivity index (χ0n) is 62.0. The first-order chi connectivity index (χ1) is 48.3. The van der Waals surface area contributed by atoms with Crippen LogP contribution in [0.25, 0.3) is 88.4 Å². The van der Waals surface area contributed by atoms with Gasteiger partial charge < -0.3 is 13.7 Å². The van der Waals surface area contributed by atoms with E-state index in [2.05, 4.69) is 226 Å². The SMILES string of the molecule is CCCCCCCCC1(CCCCCCCC)c2cc(N(c3ccc4c(c3)C(C)(C)c3c5c(c6oc7ccccc7c6c3-4)-c3ccccc3C5(C)C)c3c(C)cccc3C)ccc2-c2cc3c(cc21)-c1c(ccc2oc4ccccc4c12)C3(CCCCCCCC)CCCCCCCC. The van der Waals surface area contributed by atoms with Crippen LogP contribution in [-0.4, -0.2) is 0 Å². The standard InChI is InChI=1S/C96H111NO2/c1-11-15-19-23-27-37-56-95(57-38-28-24-20-16-12-2)76-54-55-83-85(71-45-32-35-48-81(71)98-83)84(76)74-63-79-73(62-80(74)95)68-52-50-67(61-78(68)96(79,58-39-29-25-21-17-13-3)59-40-30-26-22-18-14-4)97(91-64(5)42-41-43-65(91)6)66-51-53-70-77(60-66)94(9,10)89-86(70)87-72-46-33-36-49-82(72)99-92(87)88-69-44-31-34-47-75(69)93(7,8)90(88)89/h31-36,41-55,60-63H,11-30,37-40,56-59H2,1-10H3. The van der Waals surface area contributed by atoms with Crippen LogP contribution in [0.3, 0.4) is 0 Å². The maximum atomic E-state index is 7.15. The minimum Gasteiger partial charge on any atom is -0.456 e. The molecule has 0 spiro atoms. The molecular weight excluding hydrogens is 1200 g/mol. The molecule has 0 radical (unpaired) electrons. The summed E-state index contributed by atoms with van der Waals surface area (Å²) in [6.45, 7) is 24.1. The number of rotatable bonds is 31. The van der Waals surface area contributed by atoms with E-state index in [4.69, 9.17) is 8.83 Å². The van der Waals surface area contributed by atoms with E-state index in [0.29, 0.717) is 0 Å². The number of aryl methyl sites for hydroxylation is 2. The lowest BCUT2D eigenvalue weighted by molar-refractivity contribution is 0.394. The van der Waals surface area contributed by atoms with Gasteiger partial charge in [-0.3, -0.25) is 0 Å². The monoisotopic (exact) mass is 1310 g/mol. The minimum absolute atomic E-state index is 0.0951. The largest absolute Gasteiger partial charge is 0.456 e. The van der Waals surface area contributed by atoms with Crippen LogP contribution in [0, 0.1) is 13.8 Å². The van der Waals surface area contributed by atoms with Crippen LogP contribution in [0.1, 0.15) is 291 Å². The summed E-state index contributed by atoms with van der Waals surface area (Å²) in [4.78, 5) is 2.70. The summed E-state index contributed by atoms with van der Waals surface area (Å²) in [6, 6.07) is 60.1. The van der Waals surface area contributed by atoms with Crippen LogP contribution in [-0.2, 0) is 21.7 Å². The highest BCUT2D eigenvalue weighted by Crippen LogP contribution is 2.66. The molecule has 2 aromatic heterocycles. The first kappa shape index (κ1) is 67.2. The molecule has 3 nitrogen and oxygen atoms in total. The van der Waals surface area contributed by atoms with E-state index in [0.717, 1.165) is 35.2 Å². The molecule has 0 saturated heterocycles. The Bertz CT molecular complexity index is 4750. The second kappa shape index (κ2) is 27.7. The Morgan fingerprint density at radius 3 is 1.35 bits per heavy atom. The van der Waals surface area contributed by atoms with Gasteiger partial charge in [0.05, 0.1) is 5.69 Å². The average Bonchev–Trinajstić information content (AvgIpc) is 1.52. The lowest BCUT2D eigenvalue weighted by atomic mass is 9.68. The van der Waals surface area contributed by atoms with Gasteiger partial charge in [-0.15, -0.1) is 0 Å². The van der Waals surface area contributed by atoms with Crippen LogP contribution in [0.4, 0.5) is 17.1 Å². The second-order valence-corrected chi connectivity index (χ2v) is 32.3. The zero-order valence-corrected chi connectivity index (χ0v) is 62.0. The Morgan fingerprint density at radius 2 is 0.758 bits per heavy atom. The molecule has 4 aliphatic carbocycles. The Morgan fingerprint density at radius 1 is 0.313 bits per heavy atom. The second-order valence-electron chi connectivity index (χ2n) is 32.3. The quantitative estimate of drug-likeness (QED) is 0.0406. The number of furan rings is 2. The van der Waals surface area contributed by atoms with E-state index < -0.39 is 0 Å². The van der Waals surface area contributed by atoms with E-state index in [9.17, 15) is 0 Å². The van der Waals surface area contributed by atoms with Gasteiger partial charge in [0.1, 0.15) is 22.3 Å². The third-order valence-electron chi connectivity index (χ3n) is 25.2. The normalized spacial score (nSPS) is 15.2. The molecule has 0 amide bonds. The van der Waals surface area contributed by atoms with Gasteiger partial charge in [-0.05, 0) is 189 Å². The lowest BCUT2D eigenvalue weighted by Gasteiger charge is -2.35. The van der Waals surface area contributed by atoms with Crippen molar-refractivity contribution in [3.05, 3.63) is 207 Å². The van der Waals surface area contributed by atoms with E-state index in [1.54, 1.807) is 22.3 Å². The number of fused-ring (bicyclic) bond motifs is 22. The molecule has 9 aromatic carbocycles. The molecule has 3 heteroatoms. The van der Waals surface area contributed by atoms with Crippen LogP contribution in [0.2, 0.25) is 0 Å². The van der Waals surface area contributed by atoms with Crippen molar-refractivity contribution < 1.29 is 8.83 Å². The van der Waals surface area contributed by atoms with Gasteiger partial charge in [0.25, 0.3) is 0 Å². The molecule has 0 fully saturated rings. The number of para-hydroxylation sites is 3. The van der Waals surface area contributed by atoms with E-state index in [-0.39, 0.29) is 21.7 Å². The van der Waals surface area contributed by atoms with E-state index in [1.807, 2.05) is 0 Å². The third kappa shape index (κ3) is 11.3. The molecule has 99 heavy (non-hydrogen) atoms. The van der Waals surface area contributed by atoms with Crippen LogP contribution < -0.4 is 4.90 Å². The van der Waals surface area contributed by atoms with Gasteiger partial charge in [-0.1, -0.05) is 307 Å². The lowest BCUT2D eigenvalue weighted by Crippen LogP contribution is -2.27. The molecule has 0 saturated carbocycles. The van der Waals surface area contributed by atoms with Gasteiger partial charge in [0.15, 0.2) is 0 Å². The summed E-state index contributed by atoms with van der Waals surface area (Å²) in [5.41, 5.74) is 32.7. The molecule has 0 aliphatic heterocycles. The Labute approximate surface area is 593 Å². The molecular formula is C96H111NO2. The van der Waals surface area contributed by atoms with Crippen molar-refractivity contribution in [3.63, 3.8) is 0 Å². The van der Waals surface area contributed by atoms with Gasteiger partial charge in [0, 0.05) is 60.1 Å². The van der Waals surface area contributed by atoms with E-state index in [1.165, 1.54) is 283 Å². The molecule has 0 N–H and O–H groups in total. The van der Waals surface area contributed by atoms with Crippen molar-refractivity contribution in [2.45, 2.75) is 271 Å². The fourth-order valence-corrected chi connectivity index (χ4v) is 20.3. The summed E-state index contributed by atoms with van der Waals surface area (Å²) >= 11 is 0. The van der Waals surface area contributed by atoms with E-state index >= 15 is 0 Å². The van der Waals surface area contributed by atoms with Crippen molar-refractivity contribution in [2.24, 2.45) is 0 Å². The fourth-order valence-electron chi connectivity index (χ4n) is 20.3. The van der Waals surface area contributed by atoms with Gasteiger partial charge in [-0.25, -0.2) is 0 Å². The van der Waals surface area contributed by atoms with Gasteiger partial charge in [-0.2, -0.15) is 0 Å². The third-order valence-corrected chi connectivity index (χ3v) is 25.2. The zero-order chi connectivity index (χ0) is 68.2. The summed E-state index contributed by atoms with van der Waals surface area (Å²) in [5.74, 6) is 0. The summed E-state index contributed by atoms with van der Waals surface area (Å²) in [6.07, 6.45) is 35.7. The fraction of sp³-hybridized carbons (Fsp3) is 0.438. The number of unbranched alkanes of at least 4 members (excludes halogenated alkanes) is 20. The summed E-state index contributed by atoms with van der Waals surface area (Å²) < 4.78 is 14.1. The Kier molecular flexibility index (Phi) is 18.8. The van der Waals surface area contributed by atoms with Gasteiger partial charge >= 0.3 is 0 Å². The first-order valence-electron chi connectivity index (χ1n) is 39.7. The highest BCUT2D eigenvalue weighted by molar-refractivity contribution is 6.21. The van der Waals surface area contributed by atoms with Crippen molar-refractivity contribution in [1.29, 1.82) is 0 Å². The number of hydrogen-bond donors (Lipinski definition) is 0. The molecule has 4 aliphatic rings. The number of benzene rings is 9. The molecule has 11 aromatic rings. The molecule has 2 heterocycles. The Balaban J connectivity index is 0.944. The first-order valence-corrected chi connectivity index (χ1v) is 39.7. The smallest absolute Gasteiger partial charge is 0.144 e. The maximum absolute atomic E-state index is 7.15. The highest BCUT2D eigenvalue weighted by Gasteiger charge is 2.51. The van der Waals surface area contributed by atoms with Crippen molar-refractivity contribution in [2.75, 3.05) is 4.90 Å². The Hall–Kier alpha value is -7.62. The maximum Gasteiger partial charge on any atom is 0.144 e. The predicted molar refractivity (Wildman–Crippen MR) is 425 cm³/mol. The number of nitrogens with zero attached hydrogens (tertiary/aromatic N) is 1. The van der Waals surface area contributed by atoms with Crippen molar-refractivity contribution >= 4 is 60.9 Å². The molecule has 0 atom stereocenters. The molecule has 0 unspecified atom stereocenters. The van der Waals surface area contributed by atoms with Crippen LogP contribution in [0.15, 0.2) is 160 Å². The topological polar surface area (TPSA) is 29.5 Å². The summed E-state index contributed by atoms with van der Waals surface area (Å²) in [7, 11) is 0. The van der Waals surface area contributed by atoms with Crippen LogP contribution >= 0.6 is 0 Å². The molecule has 512 valence electrons. The minimum atomic E-state index is -0.335. The van der Waals surface area contributed by atoms with Crippen LogP contribution in [0.5, 0.6) is 0 Å². The average molecular weight is 1310 g/mol. The molecule has 0 bridgehead atoms. The van der Waals surface area contributed by atoms with Crippen molar-refractivity contribution in [3.8, 4) is 44.5 Å². The van der Waals surface area contributed by atoms with Crippen molar-refractivity contribution in [1.82, 2.24) is 0 Å². The summed E-state index contributed by atoms with van der Waals surface area (Å²) in [5, 5.41) is 5.04. The highest BCUT2D eigenvalue weighted by atomic mass is 16.3. The predicted octanol–water partition coefficient (Wildman–Crippen LogP) is 29.7. The number of hydrogen-bond acceptors (Lipinski definition) is 3. The van der Waals surface area contributed by atoms with Gasteiger partial charge in [0.2, 0.25) is 0 Å².